The third-order valence-electron chi connectivity index (χ3n) is 7.75. The van der Waals surface area contributed by atoms with Crippen molar-refractivity contribution in [2.45, 2.75) is 48.8 Å². The van der Waals surface area contributed by atoms with Crippen molar-refractivity contribution in [3.8, 4) is 5.75 Å². The minimum absolute atomic E-state index is 0.227. The molecule has 2 aromatic rings. The topological polar surface area (TPSA) is 46.6 Å². The van der Waals surface area contributed by atoms with E-state index in [4.69, 9.17) is 4.74 Å². The molecular weight excluding hydrogens is 406 g/mol. The normalized spacial score (nSPS) is 29.0. The summed E-state index contributed by atoms with van der Waals surface area (Å²) in [6, 6.07) is 14.9. The molecule has 0 N–H and O–H groups in total. The highest BCUT2D eigenvalue weighted by Gasteiger charge is 2.51. The van der Waals surface area contributed by atoms with E-state index in [1.165, 1.54) is 48.4 Å². The minimum atomic E-state index is -3.69. The zero-order chi connectivity index (χ0) is 21.6. The Kier molecular flexibility index (Phi) is 5.12. The van der Waals surface area contributed by atoms with E-state index in [1.807, 2.05) is 12.1 Å². The van der Waals surface area contributed by atoms with Gasteiger partial charge in [-0.3, -0.25) is 4.31 Å². The van der Waals surface area contributed by atoms with Gasteiger partial charge in [0.2, 0.25) is 0 Å². The molecule has 0 atom stereocenters. The van der Waals surface area contributed by atoms with Crippen molar-refractivity contribution in [2.24, 2.45) is 17.8 Å². The van der Waals surface area contributed by atoms with Crippen LogP contribution in [-0.4, -0.2) is 22.1 Å². The summed E-state index contributed by atoms with van der Waals surface area (Å²) >= 11 is 0. The lowest BCUT2D eigenvalue weighted by atomic mass is 9.48. The molecule has 0 aliphatic heterocycles. The van der Waals surface area contributed by atoms with Crippen LogP contribution in [0.15, 0.2) is 66.1 Å². The molecule has 0 radical (unpaired) electrons. The van der Waals surface area contributed by atoms with Gasteiger partial charge in [-0.1, -0.05) is 18.2 Å². The van der Waals surface area contributed by atoms with Gasteiger partial charge in [-0.2, -0.15) is 0 Å². The fourth-order valence-electron chi connectivity index (χ4n) is 6.78. The van der Waals surface area contributed by atoms with Crippen molar-refractivity contribution < 1.29 is 13.2 Å². The van der Waals surface area contributed by atoms with Gasteiger partial charge >= 0.3 is 0 Å². The van der Waals surface area contributed by atoms with Gasteiger partial charge in [-0.15, -0.1) is 6.58 Å². The van der Waals surface area contributed by atoms with E-state index in [2.05, 4.69) is 18.7 Å². The predicted octanol–water partition coefficient (Wildman–Crippen LogP) is 5.54. The number of hydrogen-bond acceptors (Lipinski definition) is 3. The number of ether oxygens (including phenoxy) is 1. The summed E-state index contributed by atoms with van der Waals surface area (Å²) in [7, 11) is -2.12. The molecular formula is C26H31NO3S. The molecule has 4 aliphatic rings. The molecule has 4 fully saturated rings. The lowest BCUT2D eigenvalue weighted by molar-refractivity contribution is -0.00518. The van der Waals surface area contributed by atoms with Crippen LogP contribution in [0.5, 0.6) is 5.75 Å². The summed E-state index contributed by atoms with van der Waals surface area (Å²) in [5.74, 6) is 3.30. The van der Waals surface area contributed by atoms with E-state index < -0.39 is 10.0 Å². The Morgan fingerprint density at radius 1 is 0.968 bits per heavy atom. The van der Waals surface area contributed by atoms with Gasteiger partial charge in [0.25, 0.3) is 10.0 Å². The lowest BCUT2D eigenvalue weighted by Gasteiger charge is -2.57. The highest BCUT2D eigenvalue weighted by Crippen LogP contribution is 2.60. The number of rotatable bonds is 7. The van der Waals surface area contributed by atoms with Crippen LogP contribution in [0.25, 0.3) is 0 Å². The van der Waals surface area contributed by atoms with Crippen LogP contribution in [0, 0.1) is 17.8 Å². The van der Waals surface area contributed by atoms with Gasteiger partial charge < -0.3 is 4.74 Å². The molecule has 0 heterocycles. The molecule has 2 aromatic carbocycles. The standard InChI is InChI=1S/C26H31NO3S/c1-3-12-27(31(28,29)25-10-8-24(30-2)9-11-25)23-6-4-22(5-7-23)26-16-19-13-20(17-26)15-21(14-19)18-26/h3-11,19-21H,1,12-18H2,2H3. The number of benzene rings is 2. The SMILES string of the molecule is C=CCN(c1ccc(C23CC4CC(CC(C4)C2)C3)cc1)S(=O)(=O)c1ccc(OC)cc1. The number of anilines is 1. The number of nitrogens with zero attached hydrogens (tertiary/aromatic N) is 1. The molecule has 4 saturated carbocycles. The van der Waals surface area contributed by atoms with E-state index in [9.17, 15) is 8.42 Å². The molecule has 6 rings (SSSR count). The monoisotopic (exact) mass is 437 g/mol. The summed E-state index contributed by atoms with van der Waals surface area (Å²) in [5, 5.41) is 0. The summed E-state index contributed by atoms with van der Waals surface area (Å²) in [4.78, 5) is 0.250. The van der Waals surface area contributed by atoms with Crippen molar-refractivity contribution >= 4 is 15.7 Å². The Bertz CT molecular complexity index is 1020. The summed E-state index contributed by atoms with van der Waals surface area (Å²) < 4.78 is 33.3. The summed E-state index contributed by atoms with van der Waals surface area (Å²) in [6.07, 6.45) is 9.81. The molecule has 4 aliphatic carbocycles. The molecule has 0 unspecified atom stereocenters. The second-order valence-corrected chi connectivity index (χ2v) is 11.6. The first-order chi connectivity index (χ1) is 14.9. The zero-order valence-corrected chi connectivity index (χ0v) is 19.0. The number of sulfonamides is 1. The maximum atomic E-state index is 13.4. The van der Waals surface area contributed by atoms with Gasteiger partial charge in [-0.05, 0) is 104 Å². The third kappa shape index (κ3) is 3.57. The maximum absolute atomic E-state index is 13.4. The summed E-state index contributed by atoms with van der Waals surface area (Å²) in [5.41, 5.74) is 2.39. The van der Waals surface area contributed by atoms with E-state index >= 15 is 0 Å². The lowest BCUT2D eigenvalue weighted by Crippen LogP contribution is -2.48. The first-order valence-corrected chi connectivity index (χ1v) is 12.8. The quantitative estimate of drug-likeness (QED) is 0.534. The van der Waals surface area contributed by atoms with Crippen LogP contribution in [0.4, 0.5) is 5.69 Å². The van der Waals surface area contributed by atoms with E-state index in [1.54, 1.807) is 37.5 Å². The summed E-state index contributed by atoms with van der Waals surface area (Å²) in [6.45, 7) is 4.01. The average molecular weight is 438 g/mol. The van der Waals surface area contributed by atoms with Gasteiger partial charge in [0.05, 0.1) is 24.2 Å². The van der Waals surface area contributed by atoms with Crippen molar-refractivity contribution in [3.63, 3.8) is 0 Å². The highest BCUT2D eigenvalue weighted by atomic mass is 32.2. The van der Waals surface area contributed by atoms with Crippen molar-refractivity contribution in [2.75, 3.05) is 18.0 Å². The molecule has 0 aromatic heterocycles. The van der Waals surface area contributed by atoms with Crippen molar-refractivity contribution in [3.05, 3.63) is 66.7 Å². The van der Waals surface area contributed by atoms with Crippen LogP contribution < -0.4 is 9.04 Å². The van der Waals surface area contributed by atoms with Crippen molar-refractivity contribution in [1.82, 2.24) is 0 Å². The highest BCUT2D eigenvalue weighted by molar-refractivity contribution is 7.92. The van der Waals surface area contributed by atoms with Gasteiger partial charge in [0, 0.05) is 0 Å². The number of methoxy groups -OCH3 is 1. The molecule has 5 heteroatoms. The second kappa shape index (κ2) is 7.70. The van der Waals surface area contributed by atoms with Gasteiger partial charge in [0.1, 0.15) is 5.75 Å². The third-order valence-corrected chi connectivity index (χ3v) is 9.56. The largest absolute Gasteiger partial charge is 0.497 e. The molecule has 4 bridgehead atoms. The molecule has 31 heavy (non-hydrogen) atoms. The van der Waals surface area contributed by atoms with Crippen LogP contribution in [0.2, 0.25) is 0 Å². The Morgan fingerprint density at radius 3 is 2.00 bits per heavy atom. The van der Waals surface area contributed by atoms with Crippen molar-refractivity contribution in [1.29, 1.82) is 0 Å². The van der Waals surface area contributed by atoms with E-state index in [0.717, 1.165) is 17.8 Å². The Morgan fingerprint density at radius 2 is 1.52 bits per heavy atom. The fourth-order valence-corrected chi connectivity index (χ4v) is 8.22. The van der Waals surface area contributed by atoms with Crippen LogP contribution in [-0.2, 0) is 15.4 Å². The maximum Gasteiger partial charge on any atom is 0.264 e. The first-order valence-electron chi connectivity index (χ1n) is 11.3. The predicted molar refractivity (Wildman–Crippen MR) is 124 cm³/mol. The molecule has 0 saturated heterocycles. The zero-order valence-electron chi connectivity index (χ0n) is 18.2. The smallest absolute Gasteiger partial charge is 0.264 e. The average Bonchev–Trinajstić information content (AvgIpc) is 2.76. The van der Waals surface area contributed by atoms with Crippen LogP contribution >= 0.6 is 0 Å². The number of hydrogen-bond donors (Lipinski definition) is 0. The fraction of sp³-hybridized carbons (Fsp3) is 0.462. The molecule has 0 spiro atoms. The van der Waals surface area contributed by atoms with Gasteiger partial charge in [0.15, 0.2) is 0 Å². The molecule has 164 valence electrons. The van der Waals surface area contributed by atoms with E-state index in [-0.39, 0.29) is 11.4 Å². The Hall–Kier alpha value is -2.27. The van der Waals surface area contributed by atoms with Crippen LogP contribution in [0.1, 0.15) is 44.1 Å². The van der Waals surface area contributed by atoms with E-state index in [0.29, 0.717) is 16.9 Å². The minimum Gasteiger partial charge on any atom is -0.497 e. The second-order valence-electron chi connectivity index (χ2n) is 9.75. The van der Waals surface area contributed by atoms with Crippen LogP contribution in [0.3, 0.4) is 0 Å². The van der Waals surface area contributed by atoms with Gasteiger partial charge in [-0.25, -0.2) is 8.42 Å². The Labute approximate surface area is 186 Å². The first kappa shape index (κ1) is 20.6. The molecule has 0 amide bonds. The Balaban J connectivity index is 1.44. The molecule has 4 nitrogen and oxygen atoms in total.